The topological polar surface area (TPSA) is 77.2 Å². The van der Waals surface area contributed by atoms with Gasteiger partial charge >= 0.3 is 0 Å². The number of amides is 1. The van der Waals surface area contributed by atoms with Gasteiger partial charge in [0, 0.05) is 12.7 Å². The largest absolute Gasteiger partial charge is 0.494 e. The monoisotopic (exact) mass is 251 g/mol. The Morgan fingerprint density at radius 3 is 2.67 bits per heavy atom. The molecule has 5 heteroatoms. The van der Waals surface area contributed by atoms with Crippen LogP contribution in [0.3, 0.4) is 0 Å². The number of hydrogen-bond donors (Lipinski definition) is 2. The van der Waals surface area contributed by atoms with E-state index >= 15 is 0 Å². The van der Waals surface area contributed by atoms with Crippen molar-refractivity contribution in [2.24, 2.45) is 5.73 Å². The Labute approximate surface area is 108 Å². The lowest BCUT2D eigenvalue weighted by Gasteiger charge is -2.31. The van der Waals surface area contributed by atoms with E-state index < -0.39 is 0 Å². The van der Waals surface area contributed by atoms with Gasteiger partial charge in [-0.05, 0) is 18.9 Å². The fourth-order valence-electron chi connectivity index (χ4n) is 1.80. The summed E-state index contributed by atoms with van der Waals surface area (Å²) in [5.41, 5.74) is 5.89. The summed E-state index contributed by atoms with van der Waals surface area (Å²) in [6, 6.07) is 1.64. The molecule has 1 aromatic rings. The zero-order valence-corrected chi connectivity index (χ0v) is 11.2. The highest BCUT2D eigenvalue weighted by Gasteiger charge is 2.27. The molecule has 0 unspecified atom stereocenters. The average molecular weight is 251 g/mol. The molecule has 0 aliphatic heterocycles. The highest BCUT2D eigenvalue weighted by atomic mass is 16.5. The zero-order chi connectivity index (χ0) is 13.6. The van der Waals surface area contributed by atoms with Crippen molar-refractivity contribution in [3.05, 3.63) is 24.0 Å². The number of ether oxygens (including phenoxy) is 1. The zero-order valence-electron chi connectivity index (χ0n) is 11.2. The highest BCUT2D eigenvalue weighted by molar-refractivity contribution is 5.97. The maximum Gasteiger partial charge on any atom is 0.255 e. The van der Waals surface area contributed by atoms with Crippen molar-refractivity contribution in [1.82, 2.24) is 10.3 Å². The number of nitrogens with two attached hydrogens (primary N) is 1. The molecule has 0 saturated carbocycles. The van der Waals surface area contributed by atoms with E-state index in [0.717, 1.165) is 12.8 Å². The average Bonchev–Trinajstić information content (AvgIpc) is 2.44. The number of methoxy groups -OCH3 is 1. The predicted molar refractivity (Wildman–Crippen MR) is 70.6 cm³/mol. The van der Waals surface area contributed by atoms with Gasteiger partial charge in [-0.15, -0.1) is 0 Å². The van der Waals surface area contributed by atoms with Crippen LogP contribution in [0.4, 0.5) is 0 Å². The quantitative estimate of drug-likeness (QED) is 0.799. The molecule has 0 atom stereocenters. The summed E-state index contributed by atoms with van der Waals surface area (Å²) in [4.78, 5) is 16.2. The van der Waals surface area contributed by atoms with Gasteiger partial charge in [0.2, 0.25) is 0 Å². The van der Waals surface area contributed by atoms with Gasteiger partial charge in [-0.3, -0.25) is 9.78 Å². The molecule has 0 saturated heterocycles. The fraction of sp³-hybridized carbons (Fsp3) is 0.538. The van der Waals surface area contributed by atoms with Crippen molar-refractivity contribution in [2.75, 3.05) is 13.7 Å². The van der Waals surface area contributed by atoms with Crippen molar-refractivity contribution in [3.63, 3.8) is 0 Å². The third-order valence-electron chi connectivity index (χ3n) is 3.37. The first-order chi connectivity index (χ1) is 8.62. The molecule has 18 heavy (non-hydrogen) atoms. The van der Waals surface area contributed by atoms with Crippen molar-refractivity contribution in [1.29, 1.82) is 0 Å². The second-order valence-electron chi connectivity index (χ2n) is 4.22. The Morgan fingerprint density at radius 2 is 2.17 bits per heavy atom. The smallest absolute Gasteiger partial charge is 0.255 e. The molecule has 1 amide bonds. The second-order valence-corrected chi connectivity index (χ2v) is 4.22. The number of nitrogens with one attached hydrogen (secondary N) is 1. The normalized spacial score (nSPS) is 11.1. The number of rotatable bonds is 6. The van der Waals surface area contributed by atoms with Crippen LogP contribution in [0.1, 0.15) is 37.0 Å². The lowest BCUT2D eigenvalue weighted by molar-refractivity contribution is 0.0892. The summed E-state index contributed by atoms with van der Waals surface area (Å²) < 4.78 is 5.13. The maximum absolute atomic E-state index is 12.2. The molecule has 0 aliphatic rings. The molecule has 3 N–H and O–H groups in total. The molecule has 1 rings (SSSR count). The molecule has 0 spiro atoms. The molecule has 1 heterocycles. The minimum atomic E-state index is -0.356. The van der Waals surface area contributed by atoms with Crippen molar-refractivity contribution in [2.45, 2.75) is 32.2 Å². The van der Waals surface area contributed by atoms with Crippen molar-refractivity contribution < 1.29 is 9.53 Å². The van der Waals surface area contributed by atoms with Crippen LogP contribution in [0.15, 0.2) is 18.5 Å². The maximum atomic E-state index is 12.2. The lowest BCUT2D eigenvalue weighted by atomic mass is 9.92. The van der Waals surface area contributed by atoms with E-state index in [-0.39, 0.29) is 11.4 Å². The Morgan fingerprint density at radius 1 is 1.50 bits per heavy atom. The number of aromatic nitrogens is 1. The summed E-state index contributed by atoms with van der Waals surface area (Å²) in [6.45, 7) is 4.44. The number of hydrogen-bond acceptors (Lipinski definition) is 4. The van der Waals surface area contributed by atoms with E-state index in [1.807, 2.05) is 13.8 Å². The van der Waals surface area contributed by atoms with Gasteiger partial charge in [-0.2, -0.15) is 0 Å². The van der Waals surface area contributed by atoms with Crippen LogP contribution in [-0.2, 0) is 0 Å². The molecule has 5 nitrogen and oxygen atoms in total. The van der Waals surface area contributed by atoms with E-state index in [9.17, 15) is 4.79 Å². The third-order valence-corrected chi connectivity index (χ3v) is 3.37. The molecule has 100 valence electrons. The first-order valence-corrected chi connectivity index (χ1v) is 6.13. The minimum absolute atomic E-state index is 0.177. The van der Waals surface area contributed by atoms with Gasteiger partial charge in [0.25, 0.3) is 5.91 Å². The summed E-state index contributed by atoms with van der Waals surface area (Å²) in [5.74, 6) is 0.288. The van der Waals surface area contributed by atoms with Crippen LogP contribution < -0.4 is 15.8 Å². The minimum Gasteiger partial charge on any atom is -0.494 e. The van der Waals surface area contributed by atoms with E-state index in [4.69, 9.17) is 10.5 Å². The fourth-order valence-corrected chi connectivity index (χ4v) is 1.80. The summed E-state index contributed by atoms with van der Waals surface area (Å²) in [6.07, 6.45) is 4.68. The Balaban J connectivity index is 2.94. The number of nitrogens with zero attached hydrogens (tertiary/aromatic N) is 1. The molecule has 0 aromatic carbocycles. The van der Waals surface area contributed by atoms with Crippen LogP contribution in [0.2, 0.25) is 0 Å². The molecular weight excluding hydrogens is 230 g/mol. The van der Waals surface area contributed by atoms with E-state index in [1.165, 1.54) is 13.3 Å². The summed E-state index contributed by atoms with van der Waals surface area (Å²) >= 11 is 0. The highest BCUT2D eigenvalue weighted by Crippen LogP contribution is 2.19. The van der Waals surface area contributed by atoms with E-state index in [1.54, 1.807) is 12.3 Å². The lowest BCUT2D eigenvalue weighted by Crippen LogP contribution is -2.52. The van der Waals surface area contributed by atoms with Gasteiger partial charge < -0.3 is 15.8 Å². The standard InChI is InChI=1S/C13H21N3O2/c1-4-13(5-2,9-14)16-12(17)10-6-7-15-8-11(10)18-3/h6-8H,4-5,9,14H2,1-3H3,(H,16,17). The van der Waals surface area contributed by atoms with Gasteiger partial charge in [0.1, 0.15) is 5.75 Å². The molecular formula is C13H21N3O2. The Hall–Kier alpha value is -1.62. The van der Waals surface area contributed by atoms with Crippen LogP contribution in [0.5, 0.6) is 5.75 Å². The molecule has 0 fully saturated rings. The second kappa shape index (κ2) is 6.35. The summed E-state index contributed by atoms with van der Waals surface area (Å²) in [5, 5.41) is 3.00. The van der Waals surface area contributed by atoms with Crippen LogP contribution in [0.25, 0.3) is 0 Å². The number of pyridine rings is 1. The molecule has 0 radical (unpaired) electrons. The SMILES string of the molecule is CCC(CC)(CN)NC(=O)c1ccncc1OC. The molecule has 1 aromatic heterocycles. The van der Waals surface area contributed by atoms with Crippen molar-refractivity contribution >= 4 is 5.91 Å². The van der Waals surface area contributed by atoms with E-state index in [0.29, 0.717) is 17.9 Å². The predicted octanol–water partition coefficient (Wildman–Crippen LogP) is 1.34. The van der Waals surface area contributed by atoms with Crippen LogP contribution >= 0.6 is 0 Å². The number of carbonyl (C=O) groups excluding carboxylic acids is 1. The van der Waals surface area contributed by atoms with Gasteiger partial charge in [0.15, 0.2) is 0 Å². The van der Waals surface area contributed by atoms with E-state index in [2.05, 4.69) is 10.3 Å². The molecule has 0 bridgehead atoms. The third kappa shape index (κ3) is 2.98. The van der Waals surface area contributed by atoms with Crippen LogP contribution in [-0.4, -0.2) is 30.1 Å². The Kier molecular flexibility index (Phi) is 5.09. The first-order valence-electron chi connectivity index (χ1n) is 6.13. The van der Waals surface area contributed by atoms with Gasteiger partial charge in [0.05, 0.1) is 24.4 Å². The van der Waals surface area contributed by atoms with Crippen LogP contribution in [0, 0.1) is 0 Å². The van der Waals surface area contributed by atoms with Crippen molar-refractivity contribution in [3.8, 4) is 5.75 Å². The van der Waals surface area contributed by atoms with Gasteiger partial charge in [-0.25, -0.2) is 0 Å². The molecule has 0 aliphatic carbocycles. The number of carbonyl (C=O) groups is 1. The van der Waals surface area contributed by atoms with Gasteiger partial charge in [-0.1, -0.05) is 13.8 Å². The summed E-state index contributed by atoms with van der Waals surface area (Å²) in [7, 11) is 1.52. The first kappa shape index (κ1) is 14.4. The Bertz CT molecular complexity index is 395.